The van der Waals surface area contributed by atoms with E-state index in [1.54, 1.807) is 24.3 Å². The molecule has 0 aliphatic heterocycles. The maximum Gasteiger partial charge on any atom is 0.632 e. The number of hydrogen-bond donors (Lipinski definition) is 3. The first-order valence-corrected chi connectivity index (χ1v) is 8.14. The molecule has 0 aliphatic carbocycles. The quantitative estimate of drug-likeness (QED) is 0.634. The Bertz CT molecular complexity index is 954. The molecule has 128 valence electrons. The molecule has 6 heteroatoms. The lowest BCUT2D eigenvalue weighted by atomic mass is 10.2. The number of aromatic nitrogens is 2. The Morgan fingerprint density at radius 1 is 1.08 bits per heavy atom. The van der Waals surface area contributed by atoms with Gasteiger partial charge in [-0.05, 0) is 37.6 Å². The van der Waals surface area contributed by atoms with Gasteiger partial charge in [0.1, 0.15) is 0 Å². The van der Waals surface area contributed by atoms with Crippen molar-refractivity contribution in [3.05, 3.63) is 54.1 Å². The summed E-state index contributed by atoms with van der Waals surface area (Å²) < 4.78 is 2.85. The molecule has 0 aliphatic rings. The van der Waals surface area contributed by atoms with Crippen LogP contribution < -0.4 is 14.5 Å². The number of rotatable bonds is 4. The van der Waals surface area contributed by atoms with Crippen molar-refractivity contribution in [3.63, 3.8) is 0 Å². The Hall–Kier alpha value is -3.15. The van der Waals surface area contributed by atoms with Crippen molar-refractivity contribution in [3.8, 4) is 11.9 Å². The maximum absolute atomic E-state index is 12.5. The Kier molecular flexibility index (Phi) is 4.52. The van der Waals surface area contributed by atoms with Gasteiger partial charge in [0.2, 0.25) is 12.1 Å². The van der Waals surface area contributed by atoms with Gasteiger partial charge in [-0.3, -0.25) is 4.79 Å². The normalized spacial score (nSPS) is 10.8. The summed E-state index contributed by atoms with van der Waals surface area (Å²) >= 11 is 0. The number of hydrogen-bond acceptors (Lipinski definition) is 3. The maximum atomic E-state index is 12.5. The first kappa shape index (κ1) is 16.7. The summed E-state index contributed by atoms with van der Waals surface area (Å²) in [6.45, 7) is 4.07. The second kappa shape index (κ2) is 6.76. The van der Waals surface area contributed by atoms with E-state index in [0.29, 0.717) is 23.1 Å². The zero-order valence-corrected chi connectivity index (χ0v) is 14.2. The molecule has 2 aromatic carbocycles. The van der Waals surface area contributed by atoms with Gasteiger partial charge in [-0.15, -0.1) is 0 Å². The molecular weight excluding hydrogens is 318 g/mol. The number of carbonyl (C=O) groups excluding carboxylic acids is 1. The molecule has 6 nitrogen and oxygen atoms in total. The SMILES string of the molecule is CC[n+]1c(O)c2ccccc2[n+](CC(=O)Nc2cccc(C)c2)c1O. The van der Waals surface area contributed by atoms with Crippen molar-refractivity contribution < 1.29 is 24.1 Å². The predicted molar refractivity (Wildman–Crippen MR) is 93.2 cm³/mol. The summed E-state index contributed by atoms with van der Waals surface area (Å²) in [5.74, 6) is -0.282. The second-order valence-corrected chi connectivity index (χ2v) is 5.89. The lowest BCUT2D eigenvalue weighted by Crippen LogP contribution is -2.50. The van der Waals surface area contributed by atoms with Gasteiger partial charge in [-0.1, -0.05) is 33.4 Å². The van der Waals surface area contributed by atoms with Crippen molar-refractivity contribution in [2.45, 2.75) is 26.9 Å². The topological polar surface area (TPSA) is 77.3 Å². The van der Waals surface area contributed by atoms with Crippen LogP contribution in [0.2, 0.25) is 0 Å². The molecule has 0 spiro atoms. The summed E-state index contributed by atoms with van der Waals surface area (Å²) in [5, 5.41) is 24.3. The molecular formula is C19H21N3O3+2. The van der Waals surface area contributed by atoms with Gasteiger partial charge in [0.05, 0.1) is 0 Å². The average molecular weight is 339 g/mol. The lowest BCUT2D eigenvalue weighted by Gasteiger charge is -2.06. The first-order valence-electron chi connectivity index (χ1n) is 8.14. The van der Waals surface area contributed by atoms with Crippen LogP contribution in [0.4, 0.5) is 5.69 Å². The van der Waals surface area contributed by atoms with Crippen LogP contribution in [0.3, 0.4) is 0 Å². The van der Waals surface area contributed by atoms with E-state index in [1.807, 2.05) is 38.1 Å². The number of nitrogens with one attached hydrogen (secondary N) is 1. The van der Waals surface area contributed by atoms with E-state index < -0.39 is 0 Å². The van der Waals surface area contributed by atoms with Crippen molar-refractivity contribution in [2.24, 2.45) is 0 Å². The van der Waals surface area contributed by atoms with Gasteiger partial charge in [0.15, 0.2) is 11.9 Å². The highest BCUT2D eigenvalue weighted by atomic mass is 16.3. The fourth-order valence-corrected chi connectivity index (χ4v) is 2.91. The van der Waals surface area contributed by atoms with E-state index >= 15 is 0 Å². The standard InChI is InChI=1S/C19H19N3O3/c1-3-21-18(24)15-9-4-5-10-16(15)22(19(21)25)12-17(23)20-14-8-6-7-13(2)11-14/h4-11H,3,12H2,1-2H3,(H,20,23)/p+2. The number of amides is 1. The summed E-state index contributed by atoms with van der Waals surface area (Å²) in [7, 11) is 0. The van der Waals surface area contributed by atoms with Crippen LogP contribution in [0.25, 0.3) is 10.9 Å². The van der Waals surface area contributed by atoms with Crippen molar-refractivity contribution in [1.82, 2.24) is 0 Å². The lowest BCUT2D eigenvalue weighted by molar-refractivity contribution is -0.815. The third-order valence-corrected chi connectivity index (χ3v) is 4.09. The molecule has 3 rings (SSSR count). The van der Waals surface area contributed by atoms with Gasteiger partial charge in [-0.25, -0.2) is 0 Å². The van der Waals surface area contributed by atoms with Gasteiger partial charge in [0, 0.05) is 11.8 Å². The van der Waals surface area contributed by atoms with Gasteiger partial charge in [-0.2, -0.15) is 0 Å². The molecule has 0 saturated carbocycles. The minimum atomic E-state index is -0.260. The number of para-hydroxylation sites is 1. The van der Waals surface area contributed by atoms with E-state index in [4.69, 9.17) is 0 Å². The summed E-state index contributed by atoms with van der Waals surface area (Å²) in [5.41, 5.74) is 2.34. The zero-order valence-electron chi connectivity index (χ0n) is 14.2. The minimum Gasteiger partial charge on any atom is -0.459 e. The van der Waals surface area contributed by atoms with Crippen molar-refractivity contribution in [2.75, 3.05) is 5.32 Å². The number of fused-ring (bicyclic) bond motifs is 1. The predicted octanol–water partition coefficient (Wildman–Crippen LogP) is 1.79. The van der Waals surface area contributed by atoms with Gasteiger partial charge in [0.25, 0.3) is 5.91 Å². The number of carbonyl (C=O) groups is 1. The monoisotopic (exact) mass is 339 g/mol. The summed E-state index contributed by atoms with van der Waals surface area (Å²) in [6, 6.07) is 14.5. The molecule has 1 heterocycles. The highest BCUT2D eigenvalue weighted by molar-refractivity contribution is 5.90. The van der Waals surface area contributed by atoms with Crippen LogP contribution >= 0.6 is 0 Å². The third-order valence-electron chi connectivity index (χ3n) is 4.09. The fourth-order valence-electron chi connectivity index (χ4n) is 2.91. The molecule has 0 fully saturated rings. The number of nitrogens with zero attached hydrogens (tertiary/aromatic N) is 2. The highest BCUT2D eigenvalue weighted by Gasteiger charge is 2.33. The smallest absolute Gasteiger partial charge is 0.459 e. The second-order valence-electron chi connectivity index (χ2n) is 5.89. The molecule has 25 heavy (non-hydrogen) atoms. The molecule has 1 aromatic heterocycles. The molecule has 0 unspecified atom stereocenters. The number of benzene rings is 2. The number of aromatic hydroxyl groups is 2. The molecule has 0 atom stereocenters. The minimum absolute atomic E-state index is 0.0223. The van der Waals surface area contributed by atoms with E-state index in [1.165, 1.54) is 9.13 Å². The third kappa shape index (κ3) is 3.24. The summed E-state index contributed by atoms with van der Waals surface area (Å²) in [4.78, 5) is 12.5. The average Bonchev–Trinajstić information content (AvgIpc) is 2.59. The van der Waals surface area contributed by atoms with Gasteiger partial charge < -0.3 is 15.5 Å². The molecule has 1 amide bonds. The van der Waals surface area contributed by atoms with Crippen LogP contribution in [0.1, 0.15) is 12.5 Å². The van der Waals surface area contributed by atoms with Crippen LogP contribution in [0.5, 0.6) is 11.9 Å². The molecule has 0 radical (unpaired) electrons. The number of anilines is 1. The van der Waals surface area contributed by atoms with Crippen molar-refractivity contribution >= 4 is 22.5 Å². The molecule has 0 bridgehead atoms. The Labute approximate surface area is 145 Å². The largest absolute Gasteiger partial charge is 0.632 e. The van der Waals surface area contributed by atoms with E-state index in [0.717, 1.165) is 5.56 Å². The van der Waals surface area contributed by atoms with Crippen LogP contribution in [-0.4, -0.2) is 16.1 Å². The Morgan fingerprint density at radius 2 is 1.84 bits per heavy atom. The molecule has 0 saturated heterocycles. The van der Waals surface area contributed by atoms with Crippen LogP contribution in [0, 0.1) is 6.92 Å². The molecule has 3 N–H and O–H groups in total. The Morgan fingerprint density at radius 3 is 2.56 bits per heavy atom. The van der Waals surface area contributed by atoms with E-state index in [9.17, 15) is 15.0 Å². The fraction of sp³-hybridized carbons (Fsp3) is 0.211. The van der Waals surface area contributed by atoms with E-state index in [-0.39, 0.29) is 24.3 Å². The number of aryl methyl sites for hydroxylation is 1. The molecule has 3 aromatic rings. The highest BCUT2D eigenvalue weighted by Crippen LogP contribution is 2.20. The summed E-state index contributed by atoms with van der Waals surface area (Å²) in [6.07, 6.45) is 0. The van der Waals surface area contributed by atoms with Crippen molar-refractivity contribution in [1.29, 1.82) is 0 Å². The Balaban J connectivity index is 1.99. The zero-order chi connectivity index (χ0) is 18.0. The van der Waals surface area contributed by atoms with Gasteiger partial charge >= 0.3 is 11.9 Å². The first-order chi connectivity index (χ1) is 12.0. The van der Waals surface area contributed by atoms with Crippen LogP contribution in [0.15, 0.2) is 48.5 Å². The van der Waals surface area contributed by atoms with E-state index in [2.05, 4.69) is 5.32 Å². The van der Waals surface area contributed by atoms with Crippen LogP contribution in [-0.2, 0) is 17.9 Å².